The second kappa shape index (κ2) is 9.53. The van der Waals surface area contributed by atoms with Crippen molar-refractivity contribution in [2.75, 3.05) is 57.9 Å². The van der Waals surface area contributed by atoms with E-state index in [0.717, 1.165) is 56.2 Å². The molecule has 0 radical (unpaired) electrons. The SMILES string of the molecule is COc1ccccc1N1CCN(CCCOC2=NCCC(O)c3ccn(C)c32)CC1. The van der Waals surface area contributed by atoms with Gasteiger partial charge in [-0.25, -0.2) is 4.99 Å². The number of hydrogen-bond acceptors (Lipinski definition) is 6. The number of piperazine rings is 1. The van der Waals surface area contributed by atoms with Gasteiger partial charge in [-0.2, -0.15) is 0 Å². The van der Waals surface area contributed by atoms with Crippen LogP contribution >= 0.6 is 0 Å². The number of aryl methyl sites for hydroxylation is 1. The third-order valence-electron chi connectivity index (χ3n) is 5.98. The van der Waals surface area contributed by atoms with Gasteiger partial charge in [0.1, 0.15) is 11.4 Å². The molecule has 162 valence electrons. The Hall–Kier alpha value is -2.51. The van der Waals surface area contributed by atoms with Crippen molar-refractivity contribution in [3.8, 4) is 5.75 Å². The zero-order valence-corrected chi connectivity index (χ0v) is 18.0. The molecule has 0 aliphatic carbocycles. The van der Waals surface area contributed by atoms with E-state index in [1.165, 1.54) is 5.69 Å². The second-order valence-corrected chi connectivity index (χ2v) is 7.92. The molecule has 2 aliphatic rings. The van der Waals surface area contributed by atoms with E-state index < -0.39 is 6.10 Å². The van der Waals surface area contributed by atoms with Crippen LogP contribution in [0.15, 0.2) is 41.5 Å². The molecule has 0 spiro atoms. The van der Waals surface area contributed by atoms with Crippen LogP contribution in [0.1, 0.15) is 30.2 Å². The largest absolute Gasteiger partial charge is 0.495 e. The van der Waals surface area contributed by atoms with Gasteiger partial charge in [-0.1, -0.05) is 12.1 Å². The summed E-state index contributed by atoms with van der Waals surface area (Å²) in [6, 6.07) is 10.2. The first kappa shape index (κ1) is 20.8. The van der Waals surface area contributed by atoms with Crippen LogP contribution in [-0.4, -0.2) is 73.5 Å². The summed E-state index contributed by atoms with van der Waals surface area (Å²) < 4.78 is 13.5. The third kappa shape index (κ3) is 4.47. The van der Waals surface area contributed by atoms with Gasteiger partial charge in [0.2, 0.25) is 5.90 Å². The number of aliphatic imine (C=N–C) groups is 1. The number of anilines is 1. The van der Waals surface area contributed by atoms with Crippen molar-refractivity contribution >= 4 is 11.6 Å². The first-order chi connectivity index (χ1) is 14.7. The summed E-state index contributed by atoms with van der Waals surface area (Å²) in [6.07, 6.45) is 3.08. The second-order valence-electron chi connectivity index (χ2n) is 7.92. The lowest BCUT2D eigenvalue weighted by Gasteiger charge is -2.36. The molecule has 1 N–H and O–H groups in total. The van der Waals surface area contributed by atoms with Gasteiger partial charge >= 0.3 is 0 Å². The Bertz CT molecular complexity index is 871. The molecule has 1 unspecified atom stereocenters. The Kier molecular flexibility index (Phi) is 6.59. The molecular formula is C23H32N4O3. The number of aliphatic hydroxyl groups excluding tert-OH is 1. The molecule has 7 heteroatoms. The van der Waals surface area contributed by atoms with Gasteiger partial charge < -0.3 is 24.0 Å². The van der Waals surface area contributed by atoms with E-state index in [4.69, 9.17) is 9.47 Å². The summed E-state index contributed by atoms with van der Waals surface area (Å²) in [5, 5.41) is 10.3. The van der Waals surface area contributed by atoms with Crippen molar-refractivity contribution < 1.29 is 14.6 Å². The van der Waals surface area contributed by atoms with Gasteiger partial charge in [-0.3, -0.25) is 4.90 Å². The maximum Gasteiger partial charge on any atom is 0.233 e. The molecule has 0 amide bonds. The Morgan fingerprint density at radius 1 is 1.13 bits per heavy atom. The molecule has 1 aromatic carbocycles. The lowest BCUT2D eigenvalue weighted by molar-refractivity contribution is 0.171. The summed E-state index contributed by atoms with van der Waals surface area (Å²) >= 11 is 0. The molecule has 2 aliphatic heterocycles. The Morgan fingerprint density at radius 3 is 2.73 bits per heavy atom. The molecule has 0 saturated carbocycles. The standard InChI is InChI=1S/C23H32N4O3/c1-25-12-9-18-20(28)8-10-24-23(22(18)25)30-17-5-11-26-13-15-27(16-14-26)19-6-3-4-7-21(19)29-2/h3-4,6-7,9,12,20,28H,5,8,10-11,13-17H2,1-2H3. The Balaban J connectivity index is 1.24. The van der Waals surface area contributed by atoms with Crippen LogP contribution in [-0.2, 0) is 11.8 Å². The molecule has 30 heavy (non-hydrogen) atoms. The van der Waals surface area contributed by atoms with E-state index in [0.29, 0.717) is 25.5 Å². The molecule has 1 atom stereocenters. The van der Waals surface area contributed by atoms with Gasteiger partial charge in [0.05, 0.1) is 25.5 Å². The number of benzene rings is 1. The van der Waals surface area contributed by atoms with E-state index in [2.05, 4.69) is 26.9 Å². The van der Waals surface area contributed by atoms with Crippen molar-refractivity contribution in [3.05, 3.63) is 47.8 Å². The van der Waals surface area contributed by atoms with E-state index in [-0.39, 0.29) is 0 Å². The van der Waals surface area contributed by atoms with Gasteiger partial charge in [0.25, 0.3) is 0 Å². The summed E-state index contributed by atoms with van der Waals surface area (Å²) in [6.45, 7) is 6.30. The summed E-state index contributed by atoms with van der Waals surface area (Å²) in [7, 11) is 3.70. The number of para-hydroxylation sites is 2. The van der Waals surface area contributed by atoms with E-state index >= 15 is 0 Å². The Labute approximate surface area is 178 Å². The molecule has 1 saturated heterocycles. The highest BCUT2D eigenvalue weighted by Gasteiger charge is 2.24. The van der Waals surface area contributed by atoms with Crippen LogP contribution in [0.3, 0.4) is 0 Å². The minimum atomic E-state index is -0.467. The summed E-state index contributed by atoms with van der Waals surface area (Å²) in [5.74, 6) is 1.60. The minimum absolute atomic E-state index is 0.467. The number of rotatable bonds is 6. The molecule has 3 heterocycles. The van der Waals surface area contributed by atoms with Crippen LogP contribution in [0, 0.1) is 0 Å². The fourth-order valence-corrected chi connectivity index (χ4v) is 4.29. The fourth-order valence-electron chi connectivity index (χ4n) is 4.29. The van der Waals surface area contributed by atoms with Crippen molar-refractivity contribution in [1.29, 1.82) is 0 Å². The van der Waals surface area contributed by atoms with Gasteiger partial charge in [-0.15, -0.1) is 0 Å². The molecule has 1 aromatic heterocycles. The van der Waals surface area contributed by atoms with Crippen LogP contribution in [0.5, 0.6) is 5.75 Å². The monoisotopic (exact) mass is 412 g/mol. The average molecular weight is 413 g/mol. The highest BCUT2D eigenvalue weighted by molar-refractivity contribution is 5.94. The summed E-state index contributed by atoms with van der Waals surface area (Å²) in [5.41, 5.74) is 3.00. The lowest BCUT2D eigenvalue weighted by atomic mass is 10.1. The normalized spacial score (nSPS) is 19.8. The van der Waals surface area contributed by atoms with Crippen molar-refractivity contribution in [2.45, 2.75) is 18.9 Å². The van der Waals surface area contributed by atoms with E-state index in [1.54, 1.807) is 7.11 Å². The quantitative estimate of drug-likeness (QED) is 0.739. The Morgan fingerprint density at radius 2 is 1.93 bits per heavy atom. The topological polar surface area (TPSA) is 62.5 Å². The molecule has 4 rings (SSSR count). The third-order valence-corrected chi connectivity index (χ3v) is 5.98. The fraction of sp³-hybridized carbons (Fsp3) is 0.522. The maximum atomic E-state index is 10.3. The average Bonchev–Trinajstić information content (AvgIpc) is 3.09. The highest BCUT2D eigenvalue weighted by atomic mass is 16.5. The smallest absolute Gasteiger partial charge is 0.233 e. The zero-order valence-electron chi connectivity index (χ0n) is 18.0. The first-order valence-electron chi connectivity index (χ1n) is 10.8. The van der Waals surface area contributed by atoms with Gasteiger partial charge in [0, 0.05) is 58.1 Å². The maximum absolute atomic E-state index is 10.3. The molecule has 7 nitrogen and oxygen atoms in total. The zero-order chi connectivity index (χ0) is 20.9. The van der Waals surface area contributed by atoms with Crippen LogP contribution in [0.4, 0.5) is 5.69 Å². The summed E-state index contributed by atoms with van der Waals surface area (Å²) in [4.78, 5) is 9.46. The first-order valence-corrected chi connectivity index (χ1v) is 10.8. The predicted molar refractivity (Wildman–Crippen MR) is 119 cm³/mol. The molecular weight excluding hydrogens is 380 g/mol. The molecule has 0 bridgehead atoms. The van der Waals surface area contributed by atoms with E-state index in [9.17, 15) is 5.11 Å². The van der Waals surface area contributed by atoms with Crippen molar-refractivity contribution in [2.24, 2.45) is 12.0 Å². The van der Waals surface area contributed by atoms with Crippen molar-refractivity contribution in [1.82, 2.24) is 9.47 Å². The van der Waals surface area contributed by atoms with E-state index in [1.807, 2.05) is 36.0 Å². The number of aromatic nitrogens is 1. The lowest BCUT2D eigenvalue weighted by Crippen LogP contribution is -2.46. The predicted octanol–water partition coefficient (Wildman–Crippen LogP) is 2.45. The number of methoxy groups -OCH3 is 1. The van der Waals surface area contributed by atoms with Crippen LogP contribution in [0.2, 0.25) is 0 Å². The van der Waals surface area contributed by atoms with Crippen LogP contribution < -0.4 is 9.64 Å². The van der Waals surface area contributed by atoms with Crippen LogP contribution in [0.25, 0.3) is 0 Å². The van der Waals surface area contributed by atoms with Gasteiger partial charge in [0.15, 0.2) is 0 Å². The molecule has 1 fully saturated rings. The van der Waals surface area contributed by atoms with Crippen molar-refractivity contribution in [3.63, 3.8) is 0 Å². The number of aliphatic hydroxyl groups is 1. The number of fused-ring (bicyclic) bond motifs is 1. The number of hydrogen-bond donors (Lipinski definition) is 1. The number of ether oxygens (including phenoxy) is 2. The molecule has 2 aromatic rings. The van der Waals surface area contributed by atoms with Gasteiger partial charge in [-0.05, 0) is 31.0 Å². The highest BCUT2D eigenvalue weighted by Crippen LogP contribution is 2.28. The number of nitrogens with zero attached hydrogens (tertiary/aromatic N) is 4. The minimum Gasteiger partial charge on any atom is -0.495 e.